The van der Waals surface area contributed by atoms with Gasteiger partial charge >= 0.3 is 6.18 Å². The van der Waals surface area contributed by atoms with E-state index in [0.717, 1.165) is 25.5 Å². The van der Waals surface area contributed by atoms with E-state index in [1.165, 1.54) is 4.90 Å². The van der Waals surface area contributed by atoms with E-state index >= 15 is 0 Å². The number of alkyl halides is 3. The topological polar surface area (TPSA) is 85.8 Å². The van der Waals surface area contributed by atoms with Crippen molar-refractivity contribution in [2.24, 2.45) is 10.9 Å². The predicted octanol–water partition coefficient (Wildman–Crippen LogP) is 0.365. The molecule has 148 valence electrons. The van der Waals surface area contributed by atoms with Crippen LogP contribution in [0.3, 0.4) is 0 Å². The van der Waals surface area contributed by atoms with Crippen LogP contribution in [-0.4, -0.2) is 78.0 Å². The van der Waals surface area contributed by atoms with Crippen LogP contribution in [0.25, 0.3) is 0 Å². The largest absolute Gasteiger partial charge is 0.401 e. The molecule has 25 heavy (non-hydrogen) atoms. The smallest absolute Gasteiger partial charge is 0.356 e. The second kappa shape index (κ2) is 10.2. The lowest BCUT2D eigenvalue weighted by Crippen LogP contribution is -2.43. The Morgan fingerprint density at radius 3 is 2.28 bits per heavy atom. The van der Waals surface area contributed by atoms with Crippen molar-refractivity contribution < 1.29 is 21.6 Å². The van der Waals surface area contributed by atoms with Gasteiger partial charge in [0.2, 0.25) is 10.0 Å². The first kappa shape index (κ1) is 22.0. The molecule has 0 saturated carbocycles. The van der Waals surface area contributed by atoms with Crippen LogP contribution in [0.15, 0.2) is 4.99 Å². The summed E-state index contributed by atoms with van der Waals surface area (Å²) in [4.78, 5) is 5.50. The fraction of sp³-hybridized carbons (Fsp3) is 0.929. The lowest BCUT2D eigenvalue weighted by atomic mass is 9.93. The molecule has 1 saturated heterocycles. The molecule has 11 heteroatoms. The summed E-state index contributed by atoms with van der Waals surface area (Å²) in [6.07, 6.45) is -0.634. The Morgan fingerprint density at radius 2 is 1.76 bits per heavy atom. The highest BCUT2D eigenvalue weighted by atomic mass is 32.2. The number of guanidine groups is 1. The standard InChI is InChI=1S/C14H28F3N5O2S/c1-18-13(20-7-8-21-25(2,23)24)19-6-3-12-4-9-22(10-5-12)11-14(15,16)17/h12,21H,3-11H2,1-2H3,(H2,18,19,20). The van der Waals surface area contributed by atoms with Crippen LogP contribution >= 0.6 is 0 Å². The summed E-state index contributed by atoms with van der Waals surface area (Å²) < 4.78 is 61.3. The summed E-state index contributed by atoms with van der Waals surface area (Å²) in [7, 11) is -1.58. The van der Waals surface area contributed by atoms with Gasteiger partial charge in [0.1, 0.15) is 0 Å². The quantitative estimate of drug-likeness (QED) is 0.318. The number of nitrogens with zero attached hydrogens (tertiary/aromatic N) is 2. The molecule has 0 aliphatic carbocycles. The third-order valence-electron chi connectivity index (χ3n) is 3.96. The van der Waals surface area contributed by atoms with Gasteiger partial charge in [0.25, 0.3) is 0 Å². The van der Waals surface area contributed by atoms with Crippen LogP contribution in [0, 0.1) is 5.92 Å². The van der Waals surface area contributed by atoms with Gasteiger partial charge in [0.15, 0.2) is 5.96 Å². The van der Waals surface area contributed by atoms with Gasteiger partial charge in [-0.15, -0.1) is 0 Å². The van der Waals surface area contributed by atoms with Crippen LogP contribution in [0.5, 0.6) is 0 Å². The second-order valence-corrected chi connectivity index (χ2v) is 8.05. The van der Waals surface area contributed by atoms with Crippen molar-refractivity contribution in [2.75, 3.05) is 52.6 Å². The molecule has 0 atom stereocenters. The van der Waals surface area contributed by atoms with Crippen molar-refractivity contribution in [2.45, 2.75) is 25.4 Å². The van der Waals surface area contributed by atoms with E-state index in [0.29, 0.717) is 38.1 Å². The zero-order valence-corrected chi connectivity index (χ0v) is 15.5. The maximum Gasteiger partial charge on any atom is 0.401 e. The summed E-state index contributed by atoms with van der Waals surface area (Å²) >= 11 is 0. The lowest BCUT2D eigenvalue weighted by molar-refractivity contribution is -0.148. The molecule has 1 fully saturated rings. The third-order valence-corrected chi connectivity index (χ3v) is 4.69. The van der Waals surface area contributed by atoms with Crippen molar-refractivity contribution in [3.8, 4) is 0 Å². The molecule has 1 heterocycles. The van der Waals surface area contributed by atoms with Gasteiger partial charge in [-0.1, -0.05) is 0 Å². The second-order valence-electron chi connectivity index (χ2n) is 6.22. The zero-order valence-electron chi connectivity index (χ0n) is 14.7. The molecule has 3 N–H and O–H groups in total. The number of rotatable bonds is 8. The Balaban J connectivity index is 2.15. The molecular formula is C14H28F3N5O2S. The number of piperidine rings is 1. The maximum atomic E-state index is 12.4. The molecule has 0 spiro atoms. The van der Waals surface area contributed by atoms with Gasteiger partial charge in [-0.3, -0.25) is 9.89 Å². The fourth-order valence-corrected chi connectivity index (χ4v) is 3.19. The zero-order chi connectivity index (χ0) is 18.9. The summed E-state index contributed by atoms with van der Waals surface area (Å²) in [5.41, 5.74) is 0. The Labute approximate surface area is 147 Å². The Hall–Kier alpha value is -1.07. The van der Waals surface area contributed by atoms with Gasteiger partial charge in [-0.2, -0.15) is 13.2 Å². The van der Waals surface area contributed by atoms with Gasteiger partial charge in [0, 0.05) is 26.7 Å². The number of nitrogens with one attached hydrogen (secondary N) is 3. The van der Waals surface area contributed by atoms with E-state index in [9.17, 15) is 21.6 Å². The number of hydrogen-bond donors (Lipinski definition) is 3. The molecule has 1 aliphatic heterocycles. The fourth-order valence-electron chi connectivity index (χ4n) is 2.72. The van der Waals surface area contributed by atoms with Gasteiger partial charge < -0.3 is 10.6 Å². The highest BCUT2D eigenvalue weighted by Crippen LogP contribution is 2.23. The Morgan fingerprint density at radius 1 is 1.16 bits per heavy atom. The maximum absolute atomic E-state index is 12.4. The molecule has 0 aromatic rings. The van der Waals surface area contributed by atoms with Gasteiger partial charge in [0.05, 0.1) is 12.8 Å². The van der Waals surface area contributed by atoms with Crippen molar-refractivity contribution >= 4 is 16.0 Å². The lowest BCUT2D eigenvalue weighted by Gasteiger charge is -2.32. The molecule has 0 radical (unpaired) electrons. The molecule has 0 bridgehead atoms. The SMILES string of the molecule is CN=C(NCCNS(C)(=O)=O)NCCC1CCN(CC(F)(F)F)CC1. The first-order valence-electron chi connectivity index (χ1n) is 8.27. The molecule has 0 amide bonds. The van der Waals surface area contributed by atoms with Crippen molar-refractivity contribution in [1.29, 1.82) is 0 Å². The van der Waals surface area contributed by atoms with E-state index < -0.39 is 22.7 Å². The summed E-state index contributed by atoms with van der Waals surface area (Å²) in [5.74, 6) is 0.979. The number of halogens is 3. The molecule has 0 aromatic heterocycles. The van der Waals surface area contributed by atoms with Crippen LogP contribution in [0.2, 0.25) is 0 Å². The number of sulfonamides is 1. The first-order valence-corrected chi connectivity index (χ1v) is 10.2. The number of likely N-dealkylation sites (tertiary alicyclic amines) is 1. The van der Waals surface area contributed by atoms with Crippen LogP contribution in [0.4, 0.5) is 13.2 Å². The minimum Gasteiger partial charge on any atom is -0.356 e. The summed E-state index contributed by atoms with van der Waals surface area (Å²) in [5, 5.41) is 6.12. The van der Waals surface area contributed by atoms with Crippen LogP contribution < -0.4 is 15.4 Å². The average molecular weight is 387 g/mol. The highest BCUT2D eigenvalue weighted by Gasteiger charge is 2.32. The Bertz CT molecular complexity index is 517. The summed E-state index contributed by atoms with van der Waals surface area (Å²) in [6, 6.07) is 0. The van der Waals surface area contributed by atoms with Crippen molar-refractivity contribution in [1.82, 2.24) is 20.3 Å². The molecule has 1 aliphatic rings. The van der Waals surface area contributed by atoms with E-state index in [1.54, 1.807) is 7.05 Å². The molecule has 7 nitrogen and oxygen atoms in total. The average Bonchev–Trinajstić information content (AvgIpc) is 2.49. The molecule has 1 rings (SSSR count). The first-order chi connectivity index (χ1) is 11.6. The van der Waals surface area contributed by atoms with Crippen molar-refractivity contribution in [3.63, 3.8) is 0 Å². The minimum atomic E-state index is -4.13. The van der Waals surface area contributed by atoms with Gasteiger partial charge in [-0.25, -0.2) is 13.1 Å². The summed E-state index contributed by atoms with van der Waals surface area (Å²) in [6.45, 7) is 1.47. The third kappa shape index (κ3) is 11.2. The number of aliphatic imine (C=N–C) groups is 1. The molecule has 0 aromatic carbocycles. The molecular weight excluding hydrogens is 359 g/mol. The van der Waals surface area contributed by atoms with Crippen LogP contribution in [-0.2, 0) is 10.0 Å². The van der Waals surface area contributed by atoms with E-state index in [2.05, 4.69) is 20.3 Å². The molecule has 0 unspecified atom stereocenters. The Kier molecular flexibility index (Phi) is 8.94. The van der Waals surface area contributed by atoms with Crippen molar-refractivity contribution in [3.05, 3.63) is 0 Å². The number of hydrogen-bond acceptors (Lipinski definition) is 4. The van der Waals surface area contributed by atoms with E-state index in [1.807, 2.05) is 0 Å². The van der Waals surface area contributed by atoms with E-state index in [-0.39, 0.29) is 6.54 Å². The normalized spacial score (nSPS) is 18.4. The predicted molar refractivity (Wildman–Crippen MR) is 92.0 cm³/mol. The van der Waals surface area contributed by atoms with Crippen LogP contribution in [0.1, 0.15) is 19.3 Å². The highest BCUT2D eigenvalue weighted by molar-refractivity contribution is 7.88. The minimum absolute atomic E-state index is 0.261. The van der Waals surface area contributed by atoms with E-state index in [4.69, 9.17) is 0 Å². The van der Waals surface area contributed by atoms with Gasteiger partial charge in [-0.05, 0) is 38.3 Å². The monoisotopic (exact) mass is 387 g/mol.